The Hall–Kier alpha value is -2.02. The van der Waals surface area contributed by atoms with E-state index in [4.69, 9.17) is 16.3 Å². The zero-order chi connectivity index (χ0) is 18.2. The highest BCUT2D eigenvalue weighted by Crippen LogP contribution is 2.19. The monoisotopic (exact) mass is 370 g/mol. The fourth-order valence-corrected chi connectivity index (χ4v) is 3.06. The summed E-state index contributed by atoms with van der Waals surface area (Å²) in [5.41, 5.74) is 0.499. The number of hydrogen-bond acceptors (Lipinski definition) is 3. The summed E-state index contributed by atoms with van der Waals surface area (Å²) in [6, 6.07) is 4.91. The minimum absolute atomic E-state index is 0.226. The van der Waals surface area contributed by atoms with Crippen LogP contribution in [-0.2, 0) is 11.2 Å². The van der Waals surface area contributed by atoms with Crippen molar-refractivity contribution < 1.29 is 13.9 Å². The number of ether oxygens (including phenoxy) is 1. The first-order valence-electron chi connectivity index (χ1n) is 8.28. The number of nitrogens with one attached hydrogen (secondary N) is 2. The van der Waals surface area contributed by atoms with Crippen molar-refractivity contribution in [3.05, 3.63) is 34.6 Å². The van der Waals surface area contributed by atoms with Crippen LogP contribution in [0.1, 0.15) is 18.4 Å². The van der Waals surface area contributed by atoms with Crippen LogP contribution >= 0.6 is 11.6 Å². The van der Waals surface area contributed by atoms with E-state index < -0.39 is 0 Å². The molecule has 6 nitrogen and oxygen atoms in total. The third-order valence-electron chi connectivity index (χ3n) is 4.22. The number of carbonyl (C=O) groups is 1. The standard InChI is InChI=1S/C17H24ClFN4O2/c1-20-16(21-9-6-13-14(18)4-3-5-15(13)19)22-12-7-10-23(11-8-12)17(24)25-2/h3-5,12H,6-11H2,1-2H3,(H2,20,21,22). The lowest BCUT2D eigenvalue weighted by Crippen LogP contribution is -2.50. The van der Waals surface area contributed by atoms with E-state index in [9.17, 15) is 9.18 Å². The largest absolute Gasteiger partial charge is 0.453 e. The Morgan fingerprint density at radius 3 is 2.76 bits per heavy atom. The molecule has 8 heteroatoms. The molecule has 25 heavy (non-hydrogen) atoms. The number of methoxy groups -OCH3 is 1. The molecule has 1 aliphatic rings. The summed E-state index contributed by atoms with van der Waals surface area (Å²) in [5.74, 6) is 0.358. The average Bonchev–Trinajstić information content (AvgIpc) is 2.63. The maximum atomic E-state index is 13.8. The predicted octanol–water partition coefficient (Wildman–Crippen LogP) is 2.42. The molecule has 1 aromatic carbocycles. The molecule has 1 amide bonds. The van der Waals surface area contributed by atoms with Gasteiger partial charge in [0.05, 0.1) is 7.11 Å². The van der Waals surface area contributed by atoms with Crippen LogP contribution in [0.4, 0.5) is 9.18 Å². The Morgan fingerprint density at radius 2 is 2.16 bits per heavy atom. The number of piperidine rings is 1. The normalized spacial score (nSPS) is 15.8. The van der Waals surface area contributed by atoms with Crippen LogP contribution in [0.2, 0.25) is 5.02 Å². The number of nitrogens with zero attached hydrogens (tertiary/aromatic N) is 2. The lowest BCUT2D eigenvalue weighted by Gasteiger charge is -2.32. The Labute approximate surface area is 152 Å². The van der Waals surface area contributed by atoms with Crippen molar-refractivity contribution >= 4 is 23.7 Å². The summed E-state index contributed by atoms with van der Waals surface area (Å²) in [4.78, 5) is 17.4. The quantitative estimate of drug-likeness (QED) is 0.631. The van der Waals surface area contributed by atoms with Crippen LogP contribution in [0.25, 0.3) is 0 Å². The molecule has 1 aromatic rings. The second-order valence-electron chi connectivity index (χ2n) is 5.82. The molecule has 0 unspecified atom stereocenters. The first kappa shape index (κ1) is 19.3. The lowest BCUT2D eigenvalue weighted by molar-refractivity contribution is 0.111. The van der Waals surface area contributed by atoms with Gasteiger partial charge in [-0.25, -0.2) is 9.18 Å². The Bertz CT molecular complexity index is 598. The van der Waals surface area contributed by atoms with Crippen molar-refractivity contribution in [1.82, 2.24) is 15.5 Å². The zero-order valence-corrected chi connectivity index (χ0v) is 15.3. The number of guanidine groups is 1. The molecule has 0 aromatic heterocycles. The fraction of sp³-hybridized carbons (Fsp3) is 0.529. The molecular formula is C17H24ClFN4O2. The van der Waals surface area contributed by atoms with Gasteiger partial charge in [-0.2, -0.15) is 0 Å². The number of benzene rings is 1. The van der Waals surface area contributed by atoms with Gasteiger partial charge in [0.1, 0.15) is 5.82 Å². The van der Waals surface area contributed by atoms with Crippen molar-refractivity contribution in [2.24, 2.45) is 4.99 Å². The molecule has 2 N–H and O–H groups in total. The Kier molecular flexibility index (Phi) is 7.31. The molecule has 0 atom stereocenters. The van der Waals surface area contributed by atoms with Crippen LogP contribution in [0.15, 0.2) is 23.2 Å². The van der Waals surface area contributed by atoms with E-state index in [1.54, 1.807) is 24.1 Å². The average molecular weight is 371 g/mol. The van der Waals surface area contributed by atoms with E-state index in [1.165, 1.54) is 13.2 Å². The van der Waals surface area contributed by atoms with Gasteiger partial charge in [0.15, 0.2) is 5.96 Å². The SMILES string of the molecule is CN=C(NCCc1c(F)cccc1Cl)NC1CCN(C(=O)OC)CC1. The molecule has 1 saturated heterocycles. The van der Waals surface area contributed by atoms with Gasteiger partial charge in [-0.15, -0.1) is 0 Å². The first-order valence-corrected chi connectivity index (χ1v) is 8.66. The number of hydrogen-bond donors (Lipinski definition) is 2. The highest BCUT2D eigenvalue weighted by Gasteiger charge is 2.23. The molecule has 0 radical (unpaired) electrons. The summed E-state index contributed by atoms with van der Waals surface area (Å²) in [6.45, 7) is 1.81. The Balaban J connectivity index is 1.77. The van der Waals surface area contributed by atoms with E-state index >= 15 is 0 Å². The maximum absolute atomic E-state index is 13.8. The first-order chi connectivity index (χ1) is 12.0. The van der Waals surface area contributed by atoms with Crippen LogP contribution in [0, 0.1) is 5.82 Å². The molecule has 138 valence electrons. The minimum Gasteiger partial charge on any atom is -0.453 e. The highest BCUT2D eigenvalue weighted by atomic mass is 35.5. The lowest BCUT2D eigenvalue weighted by atomic mass is 10.1. The van der Waals surface area contributed by atoms with Crippen LogP contribution in [0.5, 0.6) is 0 Å². The van der Waals surface area contributed by atoms with Crippen molar-refractivity contribution in [3.8, 4) is 0 Å². The van der Waals surface area contributed by atoms with E-state index in [2.05, 4.69) is 15.6 Å². The molecule has 2 rings (SSSR count). The number of amides is 1. The summed E-state index contributed by atoms with van der Waals surface area (Å²) in [7, 11) is 3.08. The maximum Gasteiger partial charge on any atom is 0.409 e. The van der Waals surface area contributed by atoms with E-state index in [1.807, 2.05) is 0 Å². The number of rotatable bonds is 4. The van der Waals surface area contributed by atoms with Crippen molar-refractivity contribution in [1.29, 1.82) is 0 Å². The second-order valence-corrected chi connectivity index (χ2v) is 6.23. The van der Waals surface area contributed by atoms with Gasteiger partial charge < -0.3 is 20.3 Å². The number of halogens is 2. The van der Waals surface area contributed by atoms with Gasteiger partial charge in [0.2, 0.25) is 0 Å². The fourth-order valence-electron chi connectivity index (χ4n) is 2.80. The number of carbonyl (C=O) groups excluding carboxylic acids is 1. The van der Waals surface area contributed by atoms with E-state index in [0.717, 1.165) is 12.8 Å². The van der Waals surface area contributed by atoms with Gasteiger partial charge in [0, 0.05) is 43.3 Å². The predicted molar refractivity (Wildman–Crippen MR) is 96.6 cm³/mol. The van der Waals surface area contributed by atoms with Crippen LogP contribution < -0.4 is 10.6 Å². The molecule has 1 heterocycles. The summed E-state index contributed by atoms with van der Waals surface area (Å²) >= 11 is 6.03. The second kappa shape index (κ2) is 9.46. The van der Waals surface area contributed by atoms with Gasteiger partial charge in [-0.1, -0.05) is 17.7 Å². The van der Waals surface area contributed by atoms with Crippen LogP contribution in [-0.4, -0.2) is 56.8 Å². The van der Waals surface area contributed by atoms with E-state index in [-0.39, 0.29) is 18.0 Å². The number of likely N-dealkylation sites (tertiary alicyclic amines) is 1. The zero-order valence-electron chi connectivity index (χ0n) is 14.5. The summed E-state index contributed by atoms with van der Waals surface area (Å²) in [6.07, 6.45) is 1.80. The molecule has 1 aliphatic heterocycles. The smallest absolute Gasteiger partial charge is 0.409 e. The van der Waals surface area contributed by atoms with Gasteiger partial charge in [-0.05, 0) is 31.4 Å². The van der Waals surface area contributed by atoms with Gasteiger partial charge in [0.25, 0.3) is 0 Å². The summed E-state index contributed by atoms with van der Waals surface area (Å²) < 4.78 is 18.5. The van der Waals surface area contributed by atoms with Crippen molar-refractivity contribution in [3.63, 3.8) is 0 Å². The third-order valence-corrected chi connectivity index (χ3v) is 4.58. The highest BCUT2D eigenvalue weighted by molar-refractivity contribution is 6.31. The molecule has 0 saturated carbocycles. The summed E-state index contributed by atoms with van der Waals surface area (Å²) in [5, 5.41) is 6.94. The Morgan fingerprint density at radius 1 is 1.44 bits per heavy atom. The molecule has 0 spiro atoms. The topological polar surface area (TPSA) is 66.0 Å². The van der Waals surface area contributed by atoms with E-state index in [0.29, 0.717) is 42.6 Å². The third kappa shape index (κ3) is 5.49. The molecular weight excluding hydrogens is 347 g/mol. The van der Waals surface area contributed by atoms with Crippen molar-refractivity contribution in [2.75, 3.05) is 33.8 Å². The van der Waals surface area contributed by atoms with Crippen molar-refractivity contribution in [2.45, 2.75) is 25.3 Å². The number of aliphatic imine (C=N–C) groups is 1. The molecule has 0 bridgehead atoms. The minimum atomic E-state index is -0.299. The molecule has 1 fully saturated rings. The van der Waals surface area contributed by atoms with Crippen LogP contribution in [0.3, 0.4) is 0 Å². The van der Waals surface area contributed by atoms with Gasteiger partial charge in [-0.3, -0.25) is 4.99 Å². The molecule has 0 aliphatic carbocycles. The van der Waals surface area contributed by atoms with Gasteiger partial charge >= 0.3 is 6.09 Å².